The number of nitrogens with one attached hydrogen (secondary N) is 1. The number of hydrogen-bond acceptors (Lipinski definition) is 9. The predicted octanol–water partition coefficient (Wildman–Crippen LogP) is 8.09. The van der Waals surface area contributed by atoms with Gasteiger partial charge in [0, 0.05) is 30.9 Å². The number of aliphatic hydroxyl groups excluding tert-OH is 1. The van der Waals surface area contributed by atoms with E-state index in [1.807, 2.05) is 26.0 Å². The summed E-state index contributed by atoms with van der Waals surface area (Å²) in [6.45, 7) is 12.1. The minimum absolute atomic E-state index is 0.00649. The Hall–Kier alpha value is -2.70. The second-order valence-corrected chi connectivity index (χ2v) is 16.5. The van der Waals surface area contributed by atoms with Crippen LogP contribution in [0.4, 0.5) is 10.5 Å². The fourth-order valence-corrected chi connectivity index (χ4v) is 8.82. The number of ether oxygens (including phenoxy) is 5. The van der Waals surface area contributed by atoms with E-state index in [9.17, 15) is 19.8 Å². The van der Waals surface area contributed by atoms with E-state index < -0.39 is 53.8 Å². The molecule has 53 heavy (non-hydrogen) atoms. The summed E-state index contributed by atoms with van der Waals surface area (Å²) in [5, 5.41) is 27.2. The number of carbonyl (C=O) groups excluding carboxylic acids is 2. The third-order valence-electron chi connectivity index (χ3n) is 11.9. The van der Waals surface area contributed by atoms with Gasteiger partial charge in [0.1, 0.15) is 23.7 Å². The molecule has 0 saturated carbocycles. The van der Waals surface area contributed by atoms with Gasteiger partial charge in [-0.1, -0.05) is 87.7 Å². The van der Waals surface area contributed by atoms with Gasteiger partial charge in [-0.2, -0.15) is 0 Å². The minimum Gasteiger partial charge on any atom is -0.462 e. The van der Waals surface area contributed by atoms with Crippen LogP contribution in [0.25, 0.3) is 0 Å². The maximum Gasteiger partial charge on any atom is 0.412 e. The van der Waals surface area contributed by atoms with Crippen LogP contribution in [0.5, 0.6) is 0 Å². The number of anilines is 1. The number of halogens is 2. The monoisotopic (exact) mass is 773 g/mol. The molecule has 3 fully saturated rings. The van der Waals surface area contributed by atoms with Crippen molar-refractivity contribution >= 4 is 41.0 Å². The van der Waals surface area contributed by atoms with Crippen molar-refractivity contribution < 1.29 is 43.5 Å². The van der Waals surface area contributed by atoms with E-state index in [1.54, 1.807) is 37.3 Å². The molecular formula is C41H53Cl2NO9. The van der Waals surface area contributed by atoms with Crippen molar-refractivity contribution in [2.45, 2.75) is 128 Å². The highest BCUT2D eigenvalue weighted by atomic mass is 35.5. The molecule has 3 N–H and O–H groups in total. The third-order valence-corrected chi connectivity index (χ3v) is 12.6. The lowest BCUT2D eigenvalue weighted by Crippen LogP contribution is -2.59. The lowest BCUT2D eigenvalue weighted by atomic mass is 9.70. The molecule has 3 saturated heterocycles. The average molecular weight is 775 g/mol. The van der Waals surface area contributed by atoms with Gasteiger partial charge in [-0.15, -0.1) is 0 Å². The van der Waals surface area contributed by atoms with Crippen LogP contribution >= 0.6 is 23.2 Å². The quantitative estimate of drug-likeness (QED) is 0.205. The lowest BCUT2D eigenvalue weighted by molar-refractivity contribution is -0.340. The fourth-order valence-electron chi connectivity index (χ4n) is 8.53. The lowest BCUT2D eigenvalue weighted by Gasteiger charge is -2.51. The number of rotatable bonds is 4. The smallest absolute Gasteiger partial charge is 0.412 e. The summed E-state index contributed by atoms with van der Waals surface area (Å²) in [7, 11) is 0. The molecule has 0 unspecified atom stereocenters. The Balaban J connectivity index is 1.34. The van der Waals surface area contributed by atoms with Crippen molar-refractivity contribution in [3.8, 4) is 0 Å². The number of aliphatic hydroxyl groups is 2. The van der Waals surface area contributed by atoms with E-state index >= 15 is 0 Å². The highest BCUT2D eigenvalue weighted by Gasteiger charge is 2.61. The molecule has 1 amide bonds. The van der Waals surface area contributed by atoms with Gasteiger partial charge in [0.05, 0.1) is 35.0 Å². The first-order valence-electron chi connectivity index (χ1n) is 18.9. The van der Waals surface area contributed by atoms with Crippen LogP contribution in [0.1, 0.15) is 80.1 Å². The maximum absolute atomic E-state index is 14.4. The molecule has 1 aliphatic carbocycles. The normalized spacial score (nSPS) is 40.8. The van der Waals surface area contributed by atoms with E-state index in [2.05, 4.69) is 26.1 Å². The molecule has 1 aromatic rings. The molecule has 1 aromatic carbocycles. The van der Waals surface area contributed by atoms with Crippen molar-refractivity contribution in [3.05, 3.63) is 75.3 Å². The molecule has 5 aliphatic rings. The van der Waals surface area contributed by atoms with Crippen LogP contribution in [-0.2, 0) is 28.5 Å². The molecule has 4 heterocycles. The Labute approximate surface area is 322 Å². The van der Waals surface area contributed by atoms with E-state index in [4.69, 9.17) is 46.9 Å². The Bertz CT molecular complexity index is 1670. The fraction of sp³-hybridized carbons (Fsp3) is 0.610. The van der Waals surface area contributed by atoms with Gasteiger partial charge >= 0.3 is 12.1 Å². The van der Waals surface area contributed by atoms with Gasteiger partial charge in [-0.3, -0.25) is 10.1 Å². The molecule has 12 atom stereocenters. The van der Waals surface area contributed by atoms with Crippen molar-refractivity contribution in [3.63, 3.8) is 0 Å². The summed E-state index contributed by atoms with van der Waals surface area (Å²) < 4.78 is 32.1. The molecule has 290 valence electrons. The number of carbonyl (C=O) groups is 2. The standard InChI is InChI=1S/C41H53Cl2NO9/c1-7-22(2)35-25(5)15-16-40(53-35)20-30-19-29(52-40)13-11-24(4)34(45)23(3)9-8-10-27-21-49-37-36(26(6)17-31(38(46)50-30)41(27,37)48)51-39(47)44-28-12-14-32(42)33(43)18-28/h8-12,14,17-18,22-23,25,29-31,34-37,45,48H,7,13,15-16,19-21H2,1-6H3,(H,44,47)/b9-8+,24-11+,27-10+/t22-,23-,25-,29+,30-,31-,34-,35+,36+,37+,40+,41+/m0/s1. The molecule has 0 radical (unpaired) electrons. The first kappa shape index (κ1) is 40.0. The summed E-state index contributed by atoms with van der Waals surface area (Å²) in [5.41, 5.74) is 0.211. The molecule has 4 aliphatic heterocycles. The van der Waals surface area contributed by atoms with Crippen molar-refractivity contribution in [1.29, 1.82) is 0 Å². The zero-order valence-corrected chi connectivity index (χ0v) is 32.9. The number of amides is 1. The van der Waals surface area contributed by atoms with Crippen molar-refractivity contribution in [2.75, 3.05) is 11.9 Å². The average Bonchev–Trinajstić information content (AvgIpc) is 3.46. The van der Waals surface area contributed by atoms with Gasteiger partial charge in [0.25, 0.3) is 0 Å². The first-order chi connectivity index (χ1) is 25.1. The second kappa shape index (κ2) is 16.2. The molecule has 6 rings (SSSR count). The number of esters is 1. The second-order valence-electron chi connectivity index (χ2n) is 15.7. The van der Waals surface area contributed by atoms with Gasteiger partial charge in [-0.25, -0.2) is 4.79 Å². The summed E-state index contributed by atoms with van der Waals surface area (Å²) in [6.07, 6.45) is 8.17. The van der Waals surface area contributed by atoms with Crippen LogP contribution in [0.3, 0.4) is 0 Å². The van der Waals surface area contributed by atoms with Crippen molar-refractivity contribution in [2.24, 2.45) is 23.7 Å². The van der Waals surface area contributed by atoms with Gasteiger partial charge in [-0.05, 0) is 73.4 Å². The topological polar surface area (TPSA) is 133 Å². The molecule has 12 heteroatoms. The van der Waals surface area contributed by atoms with Crippen LogP contribution in [0.2, 0.25) is 10.0 Å². The number of allylic oxidation sites excluding steroid dienone is 2. The van der Waals surface area contributed by atoms with Crippen LogP contribution in [-0.4, -0.2) is 76.9 Å². The zero-order chi connectivity index (χ0) is 38.2. The highest BCUT2D eigenvalue weighted by Crippen LogP contribution is 2.48. The first-order valence-corrected chi connectivity index (χ1v) is 19.6. The van der Waals surface area contributed by atoms with Gasteiger partial charge < -0.3 is 33.9 Å². The molecule has 0 aromatic heterocycles. The molecular weight excluding hydrogens is 721 g/mol. The summed E-state index contributed by atoms with van der Waals surface area (Å²) >= 11 is 12.2. The largest absolute Gasteiger partial charge is 0.462 e. The Morgan fingerprint density at radius 2 is 1.91 bits per heavy atom. The minimum atomic E-state index is -1.91. The molecule has 2 bridgehead atoms. The van der Waals surface area contributed by atoms with Crippen LogP contribution in [0, 0.1) is 23.7 Å². The van der Waals surface area contributed by atoms with E-state index in [1.165, 1.54) is 6.07 Å². The van der Waals surface area contributed by atoms with E-state index in [0.717, 1.165) is 18.4 Å². The Morgan fingerprint density at radius 3 is 2.64 bits per heavy atom. The number of fused-ring (bicyclic) bond motifs is 2. The summed E-state index contributed by atoms with van der Waals surface area (Å²) in [4.78, 5) is 27.6. The zero-order valence-electron chi connectivity index (χ0n) is 31.4. The van der Waals surface area contributed by atoms with Crippen LogP contribution < -0.4 is 5.32 Å². The number of hydrogen-bond donors (Lipinski definition) is 3. The van der Waals surface area contributed by atoms with Crippen molar-refractivity contribution in [1.82, 2.24) is 0 Å². The summed E-state index contributed by atoms with van der Waals surface area (Å²) in [6, 6.07) is 4.64. The molecule has 10 nitrogen and oxygen atoms in total. The third kappa shape index (κ3) is 8.30. The van der Waals surface area contributed by atoms with E-state index in [-0.39, 0.29) is 29.8 Å². The SMILES string of the molecule is CC[C@H](C)[C@H]1O[C@]2(CC[C@@H]1C)C[C@@H]1C[C@@H](C/C=C(\C)[C@@H](O)[C@@H](C)/C=C/C=C3\CO[C@@H]4[C@H](OC(=O)Nc5ccc(Cl)c(Cl)c5)C(C)=C[C@@H](C(=O)O1)[C@]34O)O2. The van der Waals surface area contributed by atoms with Gasteiger partial charge in [0.2, 0.25) is 0 Å². The predicted molar refractivity (Wildman–Crippen MR) is 203 cm³/mol. The Morgan fingerprint density at radius 1 is 1.13 bits per heavy atom. The van der Waals surface area contributed by atoms with E-state index in [0.29, 0.717) is 59.4 Å². The number of benzene rings is 1. The summed E-state index contributed by atoms with van der Waals surface area (Å²) in [5.74, 6) is -2.29. The molecule has 1 spiro atoms. The van der Waals surface area contributed by atoms with Crippen LogP contribution in [0.15, 0.2) is 65.3 Å². The maximum atomic E-state index is 14.4. The van der Waals surface area contributed by atoms with Gasteiger partial charge in [0.15, 0.2) is 11.9 Å². The highest BCUT2D eigenvalue weighted by molar-refractivity contribution is 6.42. The Kier molecular flexibility index (Phi) is 12.2.